The van der Waals surface area contributed by atoms with E-state index in [1.165, 1.54) is 0 Å². The lowest BCUT2D eigenvalue weighted by molar-refractivity contribution is 1.01. The van der Waals surface area contributed by atoms with Gasteiger partial charge in [-0.05, 0) is 29.8 Å². The molecule has 6 heteroatoms. The van der Waals surface area contributed by atoms with Crippen molar-refractivity contribution in [2.45, 2.75) is 6.54 Å². The number of benzene rings is 1. The maximum Gasteiger partial charge on any atom is 0.272 e. The zero-order valence-corrected chi connectivity index (χ0v) is 11.2. The highest BCUT2D eigenvalue weighted by Gasteiger charge is 2.05. The first-order chi connectivity index (χ1) is 9.74. The quantitative estimate of drug-likeness (QED) is 0.776. The van der Waals surface area contributed by atoms with Gasteiger partial charge in [-0.2, -0.15) is 5.10 Å². The molecule has 20 heavy (non-hydrogen) atoms. The van der Waals surface area contributed by atoms with Gasteiger partial charge in [-0.1, -0.05) is 17.7 Å². The first-order valence-corrected chi connectivity index (χ1v) is 6.42. The molecule has 5 nitrogen and oxygen atoms in total. The number of rotatable bonds is 3. The Kier molecular flexibility index (Phi) is 3.35. The molecule has 0 saturated heterocycles. The molecule has 3 rings (SSSR count). The molecule has 0 unspecified atom stereocenters. The molecule has 2 aromatic heterocycles. The van der Waals surface area contributed by atoms with Crippen LogP contribution in [0.3, 0.4) is 0 Å². The van der Waals surface area contributed by atoms with Crippen molar-refractivity contribution in [3.05, 3.63) is 63.8 Å². The third-order valence-electron chi connectivity index (χ3n) is 2.96. The topological polar surface area (TPSA) is 70.7 Å². The van der Waals surface area contributed by atoms with Crippen LogP contribution in [-0.2, 0) is 6.54 Å². The second-order valence-electron chi connectivity index (χ2n) is 4.32. The molecule has 0 fully saturated rings. The summed E-state index contributed by atoms with van der Waals surface area (Å²) >= 11 is 6.00. The summed E-state index contributed by atoms with van der Waals surface area (Å²) in [6, 6.07) is 9.26. The van der Waals surface area contributed by atoms with Gasteiger partial charge in [0.2, 0.25) is 0 Å². The van der Waals surface area contributed by atoms with Crippen LogP contribution in [0.2, 0.25) is 5.15 Å². The van der Waals surface area contributed by atoms with Crippen LogP contribution in [0.25, 0.3) is 10.8 Å². The van der Waals surface area contributed by atoms with Crippen molar-refractivity contribution in [2.75, 3.05) is 5.32 Å². The van der Waals surface area contributed by atoms with Crippen molar-refractivity contribution in [1.29, 1.82) is 0 Å². The van der Waals surface area contributed by atoms with Crippen molar-refractivity contribution in [3.8, 4) is 0 Å². The van der Waals surface area contributed by atoms with Crippen molar-refractivity contribution < 1.29 is 0 Å². The van der Waals surface area contributed by atoms with E-state index in [1.807, 2.05) is 24.3 Å². The number of aromatic amines is 1. The van der Waals surface area contributed by atoms with E-state index in [-0.39, 0.29) is 10.7 Å². The van der Waals surface area contributed by atoms with Crippen molar-refractivity contribution >= 4 is 28.1 Å². The molecule has 1 aromatic carbocycles. The first kappa shape index (κ1) is 12.6. The van der Waals surface area contributed by atoms with Crippen LogP contribution < -0.4 is 10.9 Å². The van der Waals surface area contributed by atoms with Gasteiger partial charge in [0.25, 0.3) is 5.56 Å². The van der Waals surface area contributed by atoms with Crippen molar-refractivity contribution in [3.63, 3.8) is 0 Å². The second kappa shape index (κ2) is 5.30. The number of nitrogens with one attached hydrogen (secondary N) is 2. The van der Waals surface area contributed by atoms with Gasteiger partial charge < -0.3 is 5.32 Å². The van der Waals surface area contributed by atoms with E-state index in [0.717, 1.165) is 11.3 Å². The number of halogens is 1. The number of pyridine rings is 1. The fourth-order valence-corrected chi connectivity index (χ4v) is 2.15. The Morgan fingerprint density at radius 1 is 1.25 bits per heavy atom. The highest BCUT2D eigenvalue weighted by Crippen LogP contribution is 2.22. The molecule has 2 heterocycles. The summed E-state index contributed by atoms with van der Waals surface area (Å²) in [5.74, 6) is 0. The highest BCUT2D eigenvalue weighted by molar-refractivity contribution is 6.34. The summed E-state index contributed by atoms with van der Waals surface area (Å²) in [6.45, 7) is 0.646. The van der Waals surface area contributed by atoms with Crippen LogP contribution in [0.5, 0.6) is 0 Å². The summed E-state index contributed by atoms with van der Waals surface area (Å²) in [6.07, 6.45) is 3.53. The molecule has 2 N–H and O–H groups in total. The van der Waals surface area contributed by atoms with E-state index in [2.05, 4.69) is 20.5 Å². The van der Waals surface area contributed by atoms with Gasteiger partial charge >= 0.3 is 0 Å². The largest absolute Gasteiger partial charge is 0.381 e. The highest BCUT2D eigenvalue weighted by atomic mass is 35.5. The Morgan fingerprint density at radius 2 is 2.15 bits per heavy atom. The van der Waals surface area contributed by atoms with Gasteiger partial charge in [-0.3, -0.25) is 9.78 Å². The summed E-state index contributed by atoms with van der Waals surface area (Å²) in [7, 11) is 0. The van der Waals surface area contributed by atoms with Gasteiger partial charge in [0.15, 0.2) is 5.15 Å². The second-order valence-corrected chi connectivity index (χ2v) is 4.68. The number of anilines is 1. The molecule has 0 aliphatic heterocycles. The van der Waals surface area contributed by atoms with E-state index in [4.69, 9.17) is 11.6 Å². The van der Waals surface area contributed by atoms with Gasteiger partial charge in [0, 0.05) is 30.0 Å². The Bertz CT molecular complexity index is 801. The van der Waals surface area contributed by atoms with Crippen LogP contribution in [0.15, 0.2) is 47.5 Å². The SMILES string of the molecule is O=c1[nH]nc(Cl)c2cc(NCc3cccnc3)ccc12. The standard InChI is InChI=1S/C14H11ClN4O/c15-13-12-6-10(3-4-11(12)14(20)19-18-13)17-8-9-2-1-5-16-7-9/h1-7,17H,8H2,(H,19,20). The van der Waals surface area contributed by atoms with Crippen LogP contribution in [0.4, 0.5) is 5.69 Å². The predicted octanol–water partition coefficient (Wildman–Crippen LogP) is 2.58. The number of aromatic nitrogens is 3. The van der Waals surface area contributed by atoms with Crippen LogP contribution in [0, 0.1) is 0 Å². The van der Waals surface area contributed by atoms with Crippen molar-refractivity contribution in [1.82, 2.24) is 15.2 Å². The van der Waals surface area contributed by atoms with Gasteiger partial charge in [0.1, 0.15) is 0 Å². The van der Waals surface area contributed by atoms with Crippen LogP contribution >= 0.6 is 11.6 Å². The van der Waals surface area contributed by atoms with Gasteiger partial charge in [0.05, 0.1) is 5.39 Å². The average molecular weight is 287 g/mol. The number of fused-ring (bicyclic) bond motifs is 1. The van der Waals surface area contributed by atoms with Crippen LogP contribution in [-0.4, -0.2) is 15.2 Å². The lowest BCUT2D eigenvalue weighted by atomic mass is 10.1. The fourth-order valence-electron chi connectivity index (χ4n) is 1.95. The number of H-pyrrole nitrogens is 1. The minimum atomic E-state index is -0.247. The van der Waals surface area contributed by atoms with Gasteiger partial charge in [-0.25, -0.2) is 5.10 Å². The van der Waals surface area contributed by atoms with E-state index >= 15 is 0 Å². The molecule has 0 amide bonds. The summed E-state index contributed by atoms with van der Waals surface area (Å²) in [5, 5.41) is 10.8. The predicted molar refractivity (Wildman–Crippen MR) is 78.9 cm³/mol. The molecule has 0 radical (unpaired) electrons. The Hall–Kier alpha value is -2.40. The third kappa shape index (κ3) is 2.48. The normalized spacial score (nSPS) is 10.7. The molecule has 0 aliphatic carbocycles. The molecule has 3 aromatic rings. The third-order valence-corrected chi connectivity index (χ3v) is 3.25. The van der Waals surface area contributed by atoms with Crippen LogP contribution in [0.1, 0.15) is 5.56 Å². The first-order valence-electron chi connectivity index (χ1n) is 6.05. The average Bonchev–Trinajstić information content (AvgIpc) is 2.50. The molecular weight excluding hydrogens is 276 g/mol. The fraction of sp³-hybridized carbons (Fsp3) is 0.0714. The molecule has 0 aliphatic rings. The molecular formula is C14H11ClN4O. The summed E-state index contributed by atoms with van der Waals surface area (Å²) in [4.78, 5) is 15.7. The molecule has 0 saturated carbocycles. The number of hydrogen-bond donors (Lipinski definition) is 2. The monoisotopic (exact) mass is 286 g/mol. The van der Waals surface area contributed by atoms with Gasteiger partial charge in [-0.15, -0.1) is 0 Å². The molecule has 0 bridgehead atoms. The summed E-state index contributed by atoms with van der Waals surface area (Å²) < 4.78 is 0. The summed E-state index contributed by atoms with van der Waals surface area (Å²) in [5.41, 5.74) is 1.70. The Labute approximate surface area is 119 Å². The Morgan fingerprint density at radius 3 is 2.95 bits per heavy atom. The van der Waals surface area contributed by atoms with Crippen molar-refractivity contribution in [2.24, 2.45) is 0 Å². The van der Waals surface area contributed by atoms with E-state index in [1.54, 1.807) is 18.5 Å². The lowest BCUT2D eigenvalue weighted by Gasteiger charge is -2.07. The zero-order valence-electron chi connectivity index (χ0n) is 10.4. The smallest absolute Gasteiger partial charge is 0.272 e. The Balaban J connectivity index is 1.90. The van der Waals surface area contributed by atoms with E-state index in [0.29, 0.717) is 17.3 Å². The zero-order chi connectivity index (χ0) is 13.9. The minimum absolute atomic E-state index is 0.247. The molecule has 0 spiro atoms. The maximum atomic E-state index is 11.6. The molecule has 100 valence electrons. The maximum absolute atomic E-state index is 11.6. The minimum Gasteiger partial charge on any atom is -0.381 e. The molecule has 0 atom stereocenters. The van der Waals surface area contributed by atoms with E-state index in [9.17, 15) is 4.79 Å². The number of hydrogen-bond acceptors (Lipinski definition) is 4. The lowest BCUT2D eigenvalue weighted by Crippen LogP contribution is -2.08. The number of nitrogens with zero attached hydrogens (tertiary/aromatic N) is 2. The van der Waals surface area contributed by atoms with E-state index < -0.39 is 0 Å².